The zero-order chi connectivity index (χ0) is 19.9. The second kappa shape index (κ2) is 7.39. The summed E-state index contributed by atoms with van der Waals surface area (Å²) >= 11 is 12.4. The number of carbonyl (C=O) groups is 2. The van der Waals surface area contributed by atoms with Crippen LogP contribution in [0.15, 0.2) is 48.5 Å². The number of fused-ring (bicyclic) bond motifs is 1. The van der Waals surface area contributed by atoms with Crippen LogP contribution in [0.3, 0.4) is 0 Å². The van der Waals surface area contributed by atoms with E-state index in [1.54, 1.807) is 18.2 Å². The predicted molar refractivity (Wildman–Crippen MR) is 107 cm³/mol. The van der Waals surface area contributed by atoms with E-state index in [-0.39, 0.29) is 12.3 Å². The molecule has 7 heteroatoms. The SMILES string of the molecule is O=C1CCC[C@@]2(O)[C@H]1[C@H](c1ccc(Cl)cc1Cl)NC(=O)N2Cc1ccccc1. The molecule has 0 radical (unpaired) electrons. The summed E-state index contributed by atoms with van der Waals surface area (Å²) in [7, 11) is 0. The van der Waals surface area contributed by atoms with Gasteiger partial charge in [-0.3, -0.25) is 9.69 Å². The Morgan fingerprint density at radius 1 is 1.14 bits per heavy atom. The number of Topliss-reactive ketones (excluding diaryl/α,β-unsaturated/α-hetero) is 1. The average molecular weight is 419 g/mol. The molecule has 146 valence electrons. The molecule has 2 aliphatic rings. The Balaban J connectivity index is 1.75. The molecule has 2 aromatic carbocycles. The molecule has 3 atom stereocenters. The molecule has 5 nitrogen and oxygen atoms in total. The van der Waals surface area contributed by atoms with Gasteiger partial charge in [-0.25, -0.2) is 4.79 Å². The van der Waals surface area contributed by atoms with Crippen LogP contribution in [0, 0.1) is 5.92 Å². The highest BCUT2D eigenvalue weighted by atomic mass is 35.5. The van der Waals surface area contributed by atoms with E-state index in [1.165, 1.54) is 4.90 Å². The molecular weight excluding hydrogens is 399 g/mol. The summed E-state index contributed by atoms with van der Waals surface area (Å²) in [6.45, 7) is 0.216. The zero-order valence-electron chi connectivity index (χ0n) is 15.1. The van der Waals surface area contributed by atoms with E-state index in [4.69, 9.17) is 23.2 Å². The highest BCUT2D eigenvalue weighted by Gasteiger charge is 2.57. The molecule has 4 rings (SSSR count). The van der Waals surface area contributed by atoms with Crippen LogP contribution in [-0.4, -0.2) is 27.5 Å². The van der Waals surface area contributed by atoms with Gasteiger partial charge in [-0.05, 0) is 36.1 Å². The third-order valence-corrected chi connectivity index (χ3v) is 6.18. The molecule has 1 saturated heterocycles. The summed E-state index contributed by atoms with van der Waals surface area (Å²) in [4.78, 5) is 27.3. The molecule has 1 heterocycles. The van der Waals surface area contributed by atoms with Crippen molar-refractivity contribution in [2.45, 2.75) is 37.6 Å². The Kier molecular flexibility index (Phi) is 5.08. The number of amides is 2. The number of hydrogen-bond donors (Lipinski definition) is 2. The number of aliphatic hydroxyl groups is 1. The molecule has 2 aromatic rings. The topological polar surface area (TPSA) is 69.6 Å². The van der Waals surface area contributed by atoms with Crippen molar-refractivity contribution in [3.05, 3.63) is 69.7 Å². The molecule has 0 spiro atoms. The van der Waals surface area contributed by atoms with Gasteiger partial charge in [0.25, 0.3) is 0 Å². The van der Waals surface area contributed by atoms with Gasteiger partial charge in [0.15, 0.2) is 5.72 Å². The van der Waals surface area contributed by atoms with E-state index in [2.05, 4.69) is 5.32 Å². The fourth-order valence-corrected chi connectivity index (χ4v) is 4.83. The van der Waals surface area contributed by atoms with Gasteiger partial charge in [0.05, 0.1) is 18.5 Å². The molecule has 0 bridgehead atoms. The Morgan fingerprint density at radius 3 is 2.61 bits per heavy atom. The van der Waals surface area contributed by atoms with Gasteiger partial charge in [-0.15, -0.1) is 0 Å². The fraction of sp³-hybridized carbons (Fsp3) is 0.333. The van der Waals surface area contributed by atoms with Crippen molar-refractivity contribution in [1.82, 2.24) is 10.2 Å². The molecular formula is C21H20Cl2N2O3. The normalized spacial score (nSPS) is 27.3. The lowest BCUT2D eigenvalue weighted by atomic mass is 9.71. The van der Waals surface area contributed by atoms with Crippen molar-refractivity contribution in [3.63, 3.8) is 0 Å². The van der Waals surface area contributed by atoms with E-state index < -0.39 is 23.7 Å². The zero-order valence-corrected chi connectivity index (χ0v) is 16.6. The van der Waals surface area contributed by atoms with Crippen LogP contribution in [0.2, 0.25) is 10.0 Å². The molecule has 1 saturated carbocycles. The molecule has 1 aliphatic carbocycles. The summed E-state index contributed by atoms with van der Waals surface area (Å²) in [5.74, 6) is -0.885. The van der Waals surface area contributed by atoms with Gasteiger partial charge in [-0.1, -0.05) is 59.6 Å². The highest BCUT2D eigenvalue weighted by Crippen LogP contribution is 2.46. The molecule has 1 aliphatic heterocycles. The molecule has 2 fully saturated rings. The van der Waals surface area contributed by atoms with Crippen LogP contribution in [0.1, 0.15) is 36.4 Å². The molecule has 2 amide bonds. The molecule has 28 heavy (non-hydrogen) atoms. The van der Waals surface area contributed by atoms with Crippen molar-refractivity contribution in [2.24, 2.45) is 5.92 Å². The first kappa shape index (κ1) is 19.2. The second-order valence-electron chi connectivity index (χ2n) is 7.34. The molecule has 2 N–H and O–H groups in total. The van der Waals surface area contributed by atoms with E-state index >= 15 is 0 Å². The fourth-order valence-electron chi connectivity index (χ4n) is 4.30. The number of benzene rings is 2. The average Bonchev–Trinajstić information content (AvgIpc) is 2.65. The number of urea groups is 1. The number of halogens is 2. The Bertz CT molecular complexity index is 921. The van der Waals surface area contributed by atoms with Crippen molar-refractivity contribution in [1.29, 1.82) is 0 Å². The van der Waals surface area contributed by atoms with Gasteiger partial charge in [0.2, 0.25) is 0 Å². The maximum atomic E-state index is 13.0. The first-order valence-electron chi connectivity index (χ1n) is 9.22. The number of hydrogen-bond acceptors (Lipinski definition) is 3. The van der Waals surface area contributed by atoms with Crippen molar-refractivity contribution >= 4 is 35.0 Å². The Hall–Kier alpha value is -2.08. The Labute approximate surface area is 173 Å². The van der Waals surface area contributed by atoms with E-state index in [1.807, 2.05) is 30.3 Å². The van der Waals surface area contributed by atoms with E-state index in [0.717, 1.165) is 5.56 Å². The highest BCUT2D eigenvalue weighted by molar-refractivity contribution is 6.35. The molecule has 0 unspecified atom stereocenters. The quantitative estimate of drug-likeness (QED) is 0.779. The lowest BCUT2D eigenvalue weighted by molar-refractivity contribution is -0.180. The first-order valence-corrected chi connectivity index (χ1v) is 9.98. The van der Waals surface area contributed by atoms with Gasteiger partial charge >= 0.3 is 6.03 Å². The number of carbonyl (C=O) groups excluding carboxylic acids is 2. The summed E-state index contributed by atoms with van der Waals surface area (Å²) in [6.07, 6.45) is 1.24. The first-order chi connectivity index (χ1) is 13.4. The number of ketones is 1. The minimum atomic E-state index is -1.57. The van der Waals surface area contributed by atoms with Gasteiger partial charge in [-0.2, -0.15) is 0 Å². The van der Waals surface area contributed by atoms with Crippen LogP contribution in [-0.2, 0) is 11.3 Å². The predicted octanol–water partition coefficient (Wildman–Crippen LogP) is 4.32. The Morgan fingerprint density at radius 2 is 1.89 bits per heavy atom. The van der Waals surface area contributed by atoms with Gasteiger partial charge in [0, 0.05) is 16.5 Å². The minimum absolute atomic E-state index is 0.0807. The van der Waals surface area contributed by atoms with Crippen LogP contribution in [0.4, 0.5) is 4.79 Å². The van der Waals surface area contributed by atoms with Crippen molar-refractivity contribution in [3.8, 4) is 0 Å². The van der Waals surface area contributed by atoms with Gasteiger partial charge in [0.1, 0.15) is 5.78 Å². The number of rotatable bonds is 3. The minimum Gasteiger partial charge on any atom is -0.370 e. The smallest absolute Gasteiger partial charge is 0.320 e. The van der Waals surface area contributed by atoms with Crippen LogP contribution < -0.4 is 5.32 Å². The third-order valence-electron chi connectivity index (χ3n) is 5.62. The van der Waals surface area contributed by atoms with Crippen LogP contribution in [0.5, 0.6) is 0 Å². The lowest BCUT2D eigenvalue weighted by Crippen LogP contribution is -2.69. The summed E-state index contributed by atoms with van der Waals surface area (Å²) in [5.41, 5.74) is -0.107. The summed E-state index contributed by atoms with van der Waals surface area (Å²) in [5, 5.41) is 15.3. The van der Waals surface area contributed by atoms with E-state index in [9.17, 15) is 14.7 Å². The monoisotopic (exact) mass is 418 g/mol. The molecule has 0 aromatic heterocycles. The van der Waals surface area contributed by atoms with E-state index in [0.29, 0.717) is 34.9 Å². The van der Waals surface area contributed by atoms with Crippen molar-refractivity contribution in [2.75, 3.05) is 0 Å². The van der Waals surface area contributed by atoms with Gasteiger partial charge < -0.3 is 10.4 Å². The third kappa shape index (κ3) is 3.28. The second-order valence-corrected chi connectivity index (χ2v) is 8.18. The van der Waals surface area contributed by atoms with Crippen LogP contribution >= 0.6 is 23.2 Å². The number of nitrogens with zero attached hydrogens (tertiary/aromatic N) is 1. The summed E-state index contributed by atoms with van der Waals surface area (Å²) < 4.78 is 0. The lowest BCUT2D eigenvalue weighted by Gasteiger charge is -2.53. The maximum Gasteiger partial charge on any atom is 0.320 e. The summed E-state index contributed by atoms with van der Waals surface area (Å²) in [6, 6.07) is 13.2. The maximum absolute atomic E-state index is 13.0. The number of nitrogens with one attached hydrogen (secondary N) is 1. The standard InChI is InChI=1S/C21H20Cl2N2O3/c22-14-8-9-15(16(23)11-14)19-18-17(26)7-4-10-21(18,28)25(20(27)24-19)12-13-5-2-1-3-6-13/h1-3,5-6,8-9,11,18-19,28H,4,7,10,12H2,(H,24,27)/t18-,19+,21-/m1/s1. The largest absolute Gasteiger partial charge is 0.370 e. The van der Waals surface area contributed by atoms with Crippen LogP contribution in [0.25, 0.3) is 0 Å². The van der Waals surface area contributed by atoms with Crippen molar-refractivity contribution < 1.29 is 14.7 Å².